The number of nitro benzene ring substituents is 1. The molecule has 1 aromatic carbocycles. The lowest BCUT2D eigenvalue weighted by atomic mass is 10.1. The summed E-state index contributed by atoms with van der Waals surface area (Å²) in [5.41, 5.74) is 3.59. The fourth-order valence-corrected chi connectivity index (χ4v) is 3.95. The van der Waals surface area contributed by atoms with E-state index in [0.717, 1.165) is 11.3 Å². The van der Waals surface area contributed by atoms with Crippen molar-refractivity contribution in [3.63, 3.8) is 0 Å². The second kappa shape index (κ2) is 7.31. The van der Waals surface area contributed by atoms with Gasteiger partial charge in [-0.25, -0.2) is 0 Å². The molecule has 1 unspecified atom stereocenters. The molecule has 0 aliphatic carbocycles. The Kier molecular flexibility index (Phi) is 5.21. The van der Waals surface area contributed by atoms with E-state index in [4.69, 9.17) is 10.6 Å². The molecule has 0 saturated carbocycles. The van der Waals surface area contributed by atoms with E-state index < -0.39 is 39.3 Å². The van der Waals surface area contributed by atoms with Crippen LogP contribution in [0.3, 0.4) is 0 Å². The summed E-state index contributed by atoms with van der Waals surface area (Å²) >= 11 is 0.778. The second-order valence-corrected chi connectivity index (χ2v) is 6.97. The van der Waals surface area contributed by atoms with Crippen molar-refractivity contribution in [3.05, 3.63) is 38.2 Å². The molecule has 1 aromatic heterocycles. The molecule has 3 rings (SSSR count). The predicted octanol–water partition coefficient (Wildman–Crippen LogP) is 2.12. The maximum atomic E-state index is 13.0. The highest BCUT2D eigenvalue weighted by molar-refractivity contribution is 7.22. The van der Waals surface area contributed by atoms with Crippen molar-refractivity contribution in [2.24, 2.45) is 10.9 Å². The third-order valence-electron chi connectivity index (χ3n) is 4.18. The molecule has 2 N–H and O–H groups in total. The molecule has 13 heteroatoms. The van der Waals surface area contributed by atoms with Crippen LogP contribution in [0.25, 0.3) is 10.1 Å². The number of rotatable bonds is 3. The van der Waals surface area contributed by atoms with Crippen molar-refractivity contribution < 1.29 is 22.9 Å². The molecule has 1 atom stereocenters. The molecular weight excluding hydrogens is 403 g/mol. The van der Waals surface area contributed by atoms with Gasteiger partial charge in [0, 0.05) is 25.6 Å². The van der Waals surface area contributed by atoms with Crippen LogP contribution in [0.4, 0.5) is 24.0 Å². The summed E-state index contributed by atoms with van der Waals surface area (Å²) in [5.74, 6) is 0. The van der Waals surface area contributed by atoms with Gasteiger partial charge in [-0.15, -0.1) is 0 Å². The van der Waals surface area contributed by atoms with E-state index in [1.807, 2.05) is 0 Å². The molecule has 1 aliphatic rings. The highest BCUT2D eigenvalue weighted by Crippen LogP contribution is 2.38. The molecule has 28 heavy (non-hydrogen) atoms. The van der Waals surface area contributed by atoms with Crippen molar-refractivity contribution in [2.45, 2.75) is 18.6 Å². The Hall–Kier alpha value is -2.80. The number of nitro groups is 1. The molecule has 0 radical (unpaired) electrons. The summed E-state index contributed by atoms with van der Waals surface area (Å²) in [7, 11) is 1.39. The molecule has 1 fully saturated rings. The quantitative estimate of drug-likeness (QED) is 0.599. The maximum Gasteiger partial charge on any atom is 0.416 e. The monoisotopic (exact) mass is 417 g/mol. The molecule has 0 amide bonds. The largest absolute Gasteiger partial charge is 0.416 e. The first-order valence-corrected chi connectivity index (χ1v) is 8.74. The third-order valence-corrected chi connectivity index (χ3v) is 5.34. The Labute approximate surface area is 159 Å². The Balaban J connectivity index is 2.10. The fourth-order valence-electron chi connectivity index (χ4n) is 2.85. The van der Waals surface area contributed by atoms with Crippen LogP contribution in [0.2, 0.25) is 0 Å². The third kappa shape index (κ3) is 3.75. The first kappa shape index (κ1) is 19.9. The maximum absolute atomic E-state index is 13.0. The molecule has 9 nitrogen and oxygen atoms in total. The Morgan fingerprint density at radius 2 is 2.18 bits per heavy atom. The standard InChI is InChI=1S/C15H14F3N5O4S/c1-27-21-10-2-3-22(6-9(10)19)14-20-13(24)8-4-7(15(16,17)18)5-11(23(25)26)12(8)28-14/h4-5,9H,2-3,6,19H2,1H3/b21-10-. The van der Waals surface area contributed by atoms with Crippen LogP contribution in [0, 0.1) is 10.1 Å². The summed E-state index contributed by atoms with van der Waals surface area (Å²) in [4.78, 5) is 32.9. The number of oxime groups is 1. The smallest absolute Gasteiger partial charge is 0.399 e. The van der Waals surface area contributed by atoms with E-state index >= 15 is 0 Å². The van der Waals surface area contributed by atoms with Crippen molar-refractivity contribution in [1.29, 1.82) is 0 Å². The van der Waals surface area contributed by atoms with Gasteiger partial charge in [0.05, 0.1) is 27.6 Å². The number of anilines is 1. The lowest BCUT2D eigenvalue weighted by Gasteiger charge is -2.31. The molecule has 150 valence electrons. The highest BCUT2D eigenvalue weighted by atomic mass is 32.1. The van der Waals surface area contributed by atoms with Gasteiger partial charge in [-0.3, -0.25) is 14.9 Å². The van der Waals surface area contributed by atoms with Gasteiger partial charge in [-0.2, -0.15) is 18.2 Å². The molecular formula is C15H14F3N5O4S. The van der Waals surface area contributed by atoms with Crippen LogP contribution < -0.4 is 16.2 Å². The minimum atomic E-state index is -4.83. The van der Waals surface area contributed by atoms with Crippen LogP contribution in [-0.4, -0.2) is 41.9 Å². The number of benzene rings is 1. The normalized spacial score (nSPS) is 19.2. The first-order chi connectivity index (χ1) is 13.1. The van der Waals surface area contributed by atoms with Gasteiger partial charge in [0.15, 0.2) is 5.13 Å². The van der Waals surface area contributed by atoms with Crippen LogP contribution in [0.15, 0.2) is 22.1 Å². The van der Waals surface area contributed by atoms with Crippen LogP contribution in [-0.2, 0) is 11.0 Å². The number of alkyl halides is 3. The summed E-state index contributed by atoms with van der Waals surface area (Å²) in [6.07, 6.45) is -4.41. The Bertz CT molecular complexity index is 1020. The van der Waals surface area contributed by atoms with E-state index in [1.54, 1.807) is 4.90 Å². The number of fused-ring (bicyclic) bond motifs is 1. The van der Waals surface area contributed by atoms with Gasteiger partial charge in [-0.05, 0) is 6.07 Å². The van der Waals surface area contributed by atoms with E-state index in [2.05, 4.69) is 10.1 Å². The second-order valence-electron chi connectivity index (χ2n) is 6.00. The Morgan fingerprint density at radius 3 is 2.75 bits per heavy atom. The van der Waals surface area contributed by atoms with Crippen molar-refractivity contribution in [2.75, 3.05) is 25.1 Å². The fraction of sp³-hybridized carbons (Fsp3) is 0.400. The number of aromatic nitrogens is 1. The van der Waals surface area contributed by atoms with Gasteiger partial charge in [0.1, 0.15) is 11.8 Å². The minimum Gasteiger partial charge on any atom is -0.399 e. The molecule has 2 aromatic rings. The summed E-state index contributed by atoms with van der Waals surface area (Å²) in [6.45, 7) is 0.601. The number of nitrogens with zero attached hydrogens (tertiary/aromatic N) is 4. The number of hydrogen-bond donors (Lipinski definition) is 1. The number of nitrogens with two attached hydrogens (primary N) is 1. The van der Waals surface area contributed by atoms with Crippen LogP contribution in [0.5, 0.6) is 0 Å². The highest BCUT2D eigenvalue weighted by Gasteiger charge is 2.34. The van der Waals surface area contributed by atoms with Crippen molar-refractivity contribution in [1.82, 2.24) is 4.98 Å². The number of halogens is 3. The van der Waals surface area contributed by atoms with Crippen LogP contribution >= 0.6 is 11.3 Å². The summed E-state index contributed by atoms with van der Waals surface area (Å²) in [6, 6.07) is 0.507. The molecule has 1 aliphatic heterocycles. The van der Waals surface area contributed by atoms with E-state index in [1.165, 1.54) is 7.11 Å². The predicted molar refractivity (Wildman–Crippen MR) is 96.8 cm³/mol. The number of hydrogen-bond acceptors (Lipinski definition) is 9. The van der Waals surface area contributed by atoms with Gasteiger partial charge in [0.25, 0.3) is 11.2 Å². The number of non-ortho nitro benzene ring substituents is 1. The SMILES string of the molecule is CO/N=C1/CCN(c2nc(=O)c3cc(C(F)(F)F)cc([N+](=O)[O-])c3s2)CC1N. The average Bonchev–Trinajstić information content (AvgIpc) is 2.61. The molecule has 1 saturated heterocycles. The van der Waals surface area contributed by atoms with E-state index in [0.29, 0.717) is 30.8 Å². The van der Waals surface area contributed by atoms with Gasteiger partial charge >= 0.3 is 6.18 Å². The zero-order valence-electron chi connectivity index (χ0n) is 14.4. The number of piperidine rings is 1. The summed E-state index contributed by atoms with van der Waals surface area (Å²) in [5, 5.41) is 14.8. The molecule has 2 heterocycles. The topological polar surface area (TPSA) is 124 Å². The zero-order valence-corrected chi connectivity index (χ0v) is 15.2. The van der Waals surface area contributed by atoms with Gasteiger partial charge in [0.2, 0.25) is 0 Å². The molecule has 0 bridgehead atoms. The molecule has 0 spiro atoms. The lowest BCUT2D eigenvalue weighted by Crippen LogP contribution is -2.49. The van der Waals surface area contributed by atoms with E-state index in [-0.39, 0.29) is 16.4 Å². The summed E-state index contributed by atoms with van der Waals surface area (Å²) < 4.78 is 38.9. The lowest BCUT2D eigenvalue weighted by molar-refractivity contribution is -0.383. The first-order valence-electron chi connectivity index (χ1n) is 7.92. The average molecular weight is 417 g/mol. The van der Waals surface area contributed by atoms with E-state index in [9.17, 15) is 28.1 Å². The zero-order chi connectivity index (χ0) is 20.6. The van der Waals surface area contributed by atoms with Gasteiger partial charge < -0.3 is 15.5 Å². The van der Waals surface area contributed by atoms with Crippen LogP contribution in [0.1, 0.15) is 12.0 Å². The van der Waals surface area contributed by atoms with Crippen molar-refractivity contribution >= 4 is 38.0 Å². The Morgan fingerprint density at radius 1 is 1.46 bits per heavy atom. The van der Waals surface area contributed by atoms with Gasteiger partial charge in [-0.1, -0.05) is 16.5 Å². The minimum absolute atomic E-state index is 0.146. The van der Waals surface area contributed by atoms with Crippen molar-refractivity contribution in [3.8, 4) is 0 Å².